The second-order valence-electron chi connectivity index (χ2n) is 4.13. The van der Waals surface area contributed by atoms with Gasteiger partial charge >= 0.3 is 0 Å². The average molecular weight is 259 g/mol. The SMILES string of the molecule is Cn1c(C(=O)Nc2ccon2)cc2ccc(F)cc21. The van der Waals surface area contributed by atoms with E-state index in [1.807, 2.05) is 0 Å². The second kappa shape index (κ2) is 4.24. The predicted octanol–water partition coefficient (Wildman–Crippen LogP) is 2.56. The number of carbonyl (C=O) groups is 1. The fraction of sp³-hybridized carbons (Fsp3) is 0.0769. The summed E-state index contributed by atoms with van der Waals surface area (Å²) < 4.78 is 19.5. The maximum atomic E-state index is 13.2. The van der Waals surface area contributed by atoms with Crippen molar-refractivity contribution in [1.29, 1.82) is 0 Å². The number of hydrogen-bond acceptors (Lipinski definition) is 3. The molecule has 0 aliphatic heterocycles. The number of nitrogens with one attached hydrogen (secondary N) is 1. The van der Waals surface area contributed by atoms with Gasteiger partial charge in [-0.3, -0.25) is 4.79 Å². The predicted molar refractivity (Wildman–Crippen MR) is 67.3 cm³/mol. The van der Waals surface area contributed by atoms with Crippen LogP contribution in [-0.2, 0) is 7.05 Å². The lowest BCUT2D eigenvalue weighted by Gasteiger charge is -2.03. The molecular weight excluding hydrogens is 249 g/mol. The first kappa shape index (κ1) is 11.5. The zero-order valence-corrected chi connectivity index (χ0v) is 10.1. The van der Waals surface area contributed by atoms with Gasteiger partial charge in [0.05, 0.1) is 5.52 Å². The fourth-order valence-electron chi connectivity index (χ4n) is 1.98. The number of amides is 1. The van der Waals surface area contributed by atoms with Gasteiger partial charge in [0.15, 0.2) is 5.82 Å². The molecule has 6 heteroatoms. The molecule has 0 atom stereocenters. The molecule has 2 heterocycles. The number of halogens is 1. The number of hydrogen-bond donors (Lipinski definition) is 1. The van der Waals surface area contributed by atoms with Crippen LogP contribution in [0.2, 0.25) is 0 Å². The highest BCUT2D eigenvalue weighted by Gasteiger charge is 2.14. The number of fused-ring (bicyclic) bond motifs is 1. The number of benzene rings is 1. The molecule has 0 saturated heterocycles. The van der Waals surface area contributed by atoms with Gasteiger partial charge in [0, 0.05) is 18.5 Å². The van der Waals surface area contributed by atoms with Crippen LogP contribution in [0.1, 0.15) is 10.5 Å². The Morgan fingerprint density at radius 2 is 2.21 bits per heavy atom. The summed E-state index contributed by atoms with van der Waals surface area (Å²) in [7, 11) is 1.71. The summed E-state index contributed by atoms with van der Waals surface area (Å²) in [4.78, 5) is 12.1. The molecule has 0 bridgehead atoms. The molecule has 3 aromatic rings. The topological polar surface area (TPSA) is 60.1 Å². The van der Waals surface area contributed by atoms with Crippen molar-refractivity contribution in [3.05, 3.63) is 48.1 Å². The summed E-state index contributed by atoms with van der Waals surface area (Å²) >= 11 is 0. The van der Waals surface area contributed by atoms with Crippen molar-refractivity contribution in [2.75, 3.05) is 5.32 Å². The van der Waals surface area contributed by atoms with Gasteiger partial charge in [-0.25, -0.2) is 4.39 Å². The molecule has 0 unspecified atom stereocenters. The van der Waals surface area contributed by atoms with E-state index < -0.39 is 0 Å². The van der Waals surface area contributed by atoms with Gasteiger partial charge < -0.3 is 14.4 Å². The maximum absolute atomic E-state index is 13.2. The lowest BCUT2D eigenvalue weighted by atomic mass is 10.2. The molecule has 3 rings (SSSR count). The Labute approximate surface area is 107 Å². The first-order chi connectivity index (χ1) is 9.15. The summed E-state index contributed by atoms with van der Waals surface area (Å²) in [6.07, 6.45) is 1.37. The minimum Gasteiger partial charge on any atom is -0.363 e. The Bertz CT molecular complexity index is 747. The van der Waals surface area contributed by atoms with Crippen LogP contribution in [-0.4, -0.2) is 15.6 Å². The fourth-order valence-corrected chi connectivity index (χ4v) is 1.98. The second-order valence-corrected chi connectivity index (χ2v) is 4.13. The van der Waals surface area contributed by atoms with Crippen LogP contribution < -0.4 is 5.32 Å². The van der Waals surface area contributed by atoms with E-state index in [1.54, 1.807) is 29.8 Å². The van der Waals surface area contributed by atoms with Crippen LogP contribution in [0.25, 0.3) is 10.9 Å². The van der Waals surface area contributed by atoms with Gasteiger partial charge in [-0.1, -0.05) is 5.16 Å². The zero-order valence-electron chi connectivity index (χ0n) is 10.1. The van der Waals surface area contributed by atoms with Gasteiger partial charge in [0.1, 0.15) is 17.8 Å². The van der Waals surface area contributed by atoms with E-state index in [0.29, 0.717) is 17.0 Å². The molecule has 1 amide bonds. The number of anilines is 1. The molecule has 0 saturated carbocycles. The van der Waals surface area contributed by atoms with E-state index >= 15 is 0 Å². The van der Waals surface area contributed by atoms with Crippen LogP contribution in [0, 0.1) is 5.82 Å². The highest BCUT2D eigenvalue weighted by molar-refractivity contribution is 6.05. The molecule has 1 aromatic carbocycles. The molecule has 1 N–H and O–H groups in total. The third-order valence-electron chi connectivity index (χ3n) is 2.92. The third-order valence-corrected chi connectivity index (χ3v) is 2.92. The van der Waals surface area contributed by atoms with E-state index in [9.17, 15) is 9.18 Å². The Kier molecular flexibility index (Phi) is 2.56. The van der Waals surface area contributed by atoms with Crippen LogP contribution in [0.4, 0.5) is 10.2 Å². The van der Waals surface area contributed by atoms with Crippen molar-refractivity contribution < 1.29 is 13.7 Å². The quantitative estimate of drug-likeness (QED) is 0.769. The Hall–Kier alpha value is -2.63. The minimum atomic E-state index is -0.336. The van der Waals surface area contributed by atoms with Crippen molar-refractivity contribution in [2.24, 2.45) is 7.05 Å². The summed E-state index contributed by atoms with van der Waals surface area (Å²) in [5.41, 5.74) is 1.08. The minimum absolute atomic E-state index is 0.326. The molecule has 0 aliphatic carbocycles. The molecular formula is C13H10FN3O2. The van der Waals surface area contributed by atoms with Crippen LogP contribution in [0.3, 0.4) is 0 Å². The monoisotopic (exact) mass is 259 g/mol. The lowest BCUT2D eigenvalue weighted by molar-refractivity contribution is 0.101. The number of aryl methyl sites for hydroxylation is 1. The summed E-state index contributed by atoms with van der Waals surface area (Å²) in [5, 5.41) is 7.00. The van der Waals surface area contributed by atoms with Crippen molar-refractivity contribution in [2.45, 2.75) is 0 Å². The number of aromatic nitrogens is 2. The zero-order chi connectivity index (χ0) is 13.4. The van der Waals surface area contributed by atoms with Crippen molar-refractivity contribution in [3.8, 4) is 0 Å². The largest absolute Gasteiger partial charge is 0.363 e. The normalized spacial score (nSPS) is 10.8. The average Bonchev–Trinajstić information content (AvgIpc) is 2.98. The number of nitrogens with zero attached hydrogens (tertiary/aromatic N) is 2. The van der Waals surface area contributed by atoms with Crippen molar-refractivity contribution in [1.82, 2.24) is 9.72 Å². The van der Waals surface area contributed by atoms with Crippen LogP contribution in [0.15, 0.2) is 41.1 Å². The van der Waals surface area contributed by atoms with E-state index in [1.165, 1.54) is 18.4 Å². The number of rotatable bonds is 2. The van der Waals surface area contributed by atoms with Gasteiger partial charge in [0.25, 0.3) is 5.91 Å². The van der Waals surface area contributed by atoms with E-state index in [2.05, 4.69) is 15.0 Å². The third kappa shape index (κ3) is 1.97. The standard InChI is InChI=1S/C13H10FN3O2/c1-17-10-7-9(14)3-2-8(10)6-11(17)13(18)15-12-4-5-19-16-12/h2-7H,1H3,(H,15,16,18). The van der Waals surface area contributed by atoms with E-state index in [-0.39, 0.29) is 11.7 Å². The molecule has 5 nitrogen and oxygen atoms in total. The molecule has 0 radical (unpaired) electrons. The van der Waals surface area contributed by atoms with Gasteiger partial charge in [-0.05, 0) is 24.3 Å². The Balaban J connectivity index is 2.00. The first-order valence-electron chi connectivity index (χ1n) is 5.62. The first-order valence-corrected chi connectivity index (χ1v) is 5.62. The van der Waals surface area contributed by atoms with Gasteiger partial charge in [-0.2, -0.15) is 0 Å². The van der Waals surface area contributed by atoms with E-state index in [0.717, 1.165) is 5.39 Å². The summed E-state index contributed by atoms with van der Waals surface area (Å²) in [6, 6.07) is 7.63. The lowest BCUT2D eigenvalue weighted by Crippen LogP contribution is -2.15. The molecule has 96 valence electrons. The van der Waals surface area contributed by atoms with Crippen LogP contribution >= 0.6 is 0 Å². The number of carbonyl (C=O) groups excluding carboxylic acids is 1. The van der Waals surface area contributed by atoms with Crippen molar-refractivity contribution >= 4 is 22.6 Å². The summed E-state index contributed by atoms with van der Waals surface area (Å²) in [5.74, 6) is -0.327. The highest BCUT2D eigenvalue weighted by atomic mass is 19.1. The molecule has 19 heavy (non-hydrogen) atoms. The maximum Gasteiger partial charge on any atom is 0.273 e. The molecule has 0 aliphatic rings. The molecule has 0 fully saturated rings. The molecule has 0 spiro atoms. The Morgan fingerprint density at radius 1 is 1.37 bits per heavy atom. The van der Waals surface area contributed by atoms with Gasteiger partial charge in [0.2, 0.25) is 0 Å². The Morgan fingerprint density at radius 3 is 2.95 bits per heavy atom. The van der Waals surface area contributed by atoms with Crippen molar-refractivity contribution in [3.63, 3.8) is 0 Å². The highest BCUT2D eigenvalue weighted by Crippen LogP contribution is 2.20. The smallest absolute Gasteiger partial charge is 0.273 e. The molecule has 2 aromatic heterocycles. The van der Waals surface area contributed by atoms with E-state index in [4.69, 9.17) is 0 Å². The van der Waals surface area contributed by atoms with Gasteiger partial charge in [-0.15, -0.1) is 0 Å². The summed E-state index contributed by atoms with van der Waals surface area (Å²) in [6.45, 7) is 0. The van der Waals surface area contributed by atoms with Crippen LogP contribution in [0.5, 0.6) is 0 Å².